The van der Waals surface area contributed by atoms with Crippen LogP contribution in [0.15, 0.2) is 47.4 Å². The Kier molecular flexibility index (Phi) is 6.92. The molecule has 0 aromatic heterocycles. The SMILES string of the molecule is Cc1cccc(NC(=O)COc2ccc(S(=O)(=O)NC3CCCCC3)cc2)c1C. The molecule has 2 aromatic carbocycles. The van der Waals surface area contributed by atoms with Crippen molar-refractivity contribution >= 4 is 21.6 Å². The Bertz CT molecular complexity index is 949. The van der Waals surface area contributed by atoms with Gasteiger partial charge in [0, 0.05) is 11.7 Å². The van der Waals surface area contributed by atoms with Crippen molar-refractivity contribution in [2.24, 2.45) is 0 Å². The molecule has 1 aliphatic carbocycles. The number of benzene rings is 2. The maximum Gasteiger partial charge on any atom is 0.262 e. The summed E-state index contributed by atoms with van der Waals surface area (Å²) in [5, 5.41) is 2.83. The fraction of sp³-hybridized carbons (Fsp3) is 0.409. The molecule has 6 nitrogen and oxygen atoms in total. The van der Waals surface area contributed by atoms with Gasteiger partial charge in [0.1, 0.15) is 5.75 Å². The quantitative estimate of drug-likeness (QED) is 0.716. The van der Waals surface area contributed by atoms with E-state index < -0.39 is 10.0 Å². The molecule has 0 heterocycles. The lowest BCUT2D eigenvalue weighted by Gasteiger charge is -2.22. The number of carbonyl (C=O) groups excluding carboxylic acids is 1. The van der Waals surface area contributed by atoms with Gasteiger partial charge in [-0.2, -0.15) is 0 Å². The van der Waals surface area contributed by atoms with Gasteiger partial charge in [-0.1, -0.05) is 31.4 Å². The molecule has 3 rings (SSSR count). The Hall–Kier alpha value is -2.38. The molecule has 2 aromatic rings. The van der Waals surface area contributed by atoms with Gasteiger partial charge in [0.2, 0.25) is 10.0 Å². The van der Waals surface area contributed by atoms with E-state index in [0.29, 0.717) is 5.75 Å². The predicted octanol–water partition coefficient (Wildman–Crippen LogP) is 3.93. The summed E-state index contributed by atoms with van der Waals surface area (Å²) in [6, 6.07) is 11.9. The fourth-order valence-electron chi connectivity index (χ4n) is 3.44. The number of hydrogen-bond acceptors (Lipinski definition) is 4. The topological polar surface area (TPSA) is 84.5 Å². The number of aryl methyl sites for hydroxylation is 1. The van der Waals surface area contributed by atoms with Gasteiger partial charge >= 0.3 is 0 Å². The minimum absolute atomic E-state index is 0.0125. The van der Waals surface area contributed by atoms with Gasteiger partial charge in [-0.15, -0.1) is 0 Å². The Balaban J connectivity index is 1.54. The smallest absolute Gasteiger partial charge is 0.262 e. The van der Waals surface area contributed by atoms with Crippen LogP contribution in [0.5, 0.6) is 5.75 Å². The third-order valence-corrected chi connectivity index (χ3v) is 6.85. The summed E-state index contributed by atoms with van der Waals surface area (Å²) < 4.78 is 33.3. The highest BCUT2D eigenvalue weighted by Gasteiger charge is 2.21. The van der Waals surface area contributed by atoms with Crippen LogP contribution in [0.1, 0.15) is 43.2 Å². The Morgan fingerprint density at radius 1 is 1.03 bits per heavy atom. The number of nitrogens with one attached hydrogen (secondary N) is 2. The van der Waals surface area contributed by atoms with E-state index in [1.54, 1.807) is 12.1 Å². The van der Waals surface area contributed by atoms with Crippen LogP contribution in [0.3, 0.4) is 0 Å². The standard InChI is InChI=1S/C22H28N2O4S/c1-16-7-6-10-21(17(16)2)23-22(25)15-28-19-11-13-20(14-12-19)29(26,27)24-18-8-4-3-5-9-18/h6-7,10-14,18,24H,3-5,8-9,15H2,1-2H3,(H,23,25). The lowest BCUT2D eigenvalue weighted by Crippen LogP contribution is -2.36. The van der Waals surface area contributed by atoms with Crippen LogP contribution in [0, 0.1) is 13.8 Å². The monoisotopic (exact) mass is 416 g/mol. The van der Waals surface area contributed by atoms with Crippen LogP contribution in [-0.4, -0.2) is 27.0 Å². The van der Waals surface area contributed by atoms with E-state index in [0.717, 1.165) is 42.5 Å². The van der Waals surface area contributed by atoms with Gasteiger partial charge in [0.25, 0.3) is 5.91 Å². The van der Waals surface area contributed by atoms with Crippen LogP contribution >= 0.6 is 0 Å². The molecule has 0 saturated heterocycles. The average molecular weight is 417 g/mol. The highest BCUT2D eigenvalue weighted by Crippen LogP contribution is 2.22. The highest BCUT2D eigenvalue weighted by atomic mass is 32.2. The van der Waals surface area contributed by atoms with Gasteiger partial charge in [0.15, 0.2) is 6.61 Å². The third kappa shape index (κ3) is 5.81. The Labute approximate surface area is 172 Å². The van der Waals surface area contributed by atoms with Gasteiger partial charge in [0.05, 0.1) is 4.90 Å². The molecule has 29 heavy (non-hydrogen) atoms. The zero-order valence-electron chi connectivity index (χ0n) is 16.9. The number of carbonyl (C=O) groups is 1. The molecule has 1 saturated carbocycles. The molecule has 1 fully saturated rings. The summed E-state index contributed by atoms with van der Waals surface area (Å²) in [7, 11) is -3.54. The first-order valence-corrected chi connectivity index (χ1v) is 11.4. The van der Waals surface area contributed by atoms with Crippen LogP contribution in [0.2, 0.25) is 0 Å². The van der Waals surface area contributed by atoms with Crippen molar-refractivity contribution < 1.29 is 17.9 Å². The maximum absolute atomic E-state index is 12.5. The summed E-state index contributed by atoms with van der Waals surface area (Å²) in [4.78, 5) is 12.4. The molecule has 1 aliphatic rings. The van der Waals surface area contributed by atoms with Gasteiger partial charge in [-0.25, -0.2) is 13.1 Å². The number of amides is 1. The van der Waals surface area contributed by atoms with Crippen molar-refractivity contribution in [2.75, 3.05) is 11.9 Å². The number of anilines is 1. The first kappa shape index (κ1) is 21.3. The molecule has 0 aliphatic heterocycles. The first-order chi connectivity index (χ1) is 13.8. The predicted molar refractivity (Wildman–Crippen MR) is 114 cm³/mol. The van der Waals surface area contributed by atoms with Crippen LogP contribution in [0.25, 0.3) is 0 Å². The lowest BCUT2D eigenvalue weighted by atomic mass is 9.96. The van der Waals surface area contributed by atoms with E-state index in [2.05, 4.69) is 10.0 Å². The number of rotatable bonds is 7. The van der Waals surface area contributed by atoms with Crippen molar-refractivity contribution in [3.8, 4) is 5.75 Å². The molecular formula is C22H28N2O4S. The zero-order chi connectivity index (χ0) is 20.9. The fourth-order valence-corrected chi connectivity index (χ4v) is 4.75. The minimum atomic E-state index is -3.54. The molecule has 1 amide bonds. The second-order valence-corrected chi connectivity index (χ2v) is 9.23. The molecule has 156 valence electrons. The highest BCUT2D eigenvalue weighted by molar-refractivity contribution is 7.89. The third-order valence-electron chi connectivity index (χ3n) is 5.31. The van der Waals surface area contributed by atoms with Crippen LogP contribution in [0.4, 0.5) is 5.69 Å². The second-order valence-electron chi connectivity index (χ2n) is 7.51. The zero-order valence-corrected chi connectivity index (χ0v) is 17.7. The average Bonchev–Trinajstić information content (AvgIpc) is 2.71. The summed E-state index contributed by atoms with van der Waals surface area (Å²) in [5.41, 5.74) is 2.87. The Morgan fingerprint density at radius 2 is 1.72 bits per heavy atom. The summed E-state index contributed by atoms with van der Waals surface area (Å²) >= 11 is 0. The van der Waals surface area contributed by atoms with E-state index >= 15 is 0 Å². The molecule has 0 atom stereocenters. The minimum Gasteiger partial charge on any atom is -0.484 e. The number of ether oxygens (including phenoxy) is 1. The van der Waals surface area contributed by atoms with Gasteiger partial charge < -0.3 is 10.1 Å². The summed E-state index contributed by atoms with van der Waals surface area (Å²) in [6.45, 7) is 3.78. The summed E-state index contributed by atoms with van der Waals surface area (Å²) in [5.74, 6) is 0.173. The lowest BCUT2D eigenvalue weighted by molar-refractivity contribution is -0.118. The molecule has 0 unspecified atom stereocenters. The first-order valence-electron chi connectivity index (χ1n) is 9.96. The van der Waals surface area contributed by atoms with E-state index in [4.69, 9.17) is 4.74 Å². The Morgan fingerprint density at radius 3 is 2.41 bits per heavy atom. The van der Waals surface area contributed by atoms with E-state index in [1.807, 2.05) is 32.0 Å². The molecule has 0 spiro atoms. The van der Waals surface area contributed by atoms with Gasteiger partial charge in [-0.05, 0) is 68.1 Å². The van der Waals surface area contributed by atoms with E-state index in [1.165, 1.54) is 18.6 Å². The molecule has 7 heteroatoms. The normalized spacial score (nSPS) is 15.1. The van der Waals surface area contributed by atoms with E-state index in [-0.39, 0.29) is 23.5 Å². The maximum atomic E-state index is 12.5. The van der Waals surface area contributed by atoms with Crippen LogP contribution in [-0.2, 0) is 14.8 Å². The molecular weight excluding hydrogens is 388 g/mol. The van der Waals surface area contributed by atoms with Crippen molar-refractivity contribution in [3.63, 3.8) is 0 Å². The molecule has 2 N–H and O–H groups in total. The van der Waals surface area contributed by atoms with E-state index in [9.17, 15) is 13.2 Å². The van der Waals surface area contributed by atoms with Crippen molar-refractivity contribution in [1.29, 1.82) is 0 Å². The number of hydrogen-bond donors (Lipinski definition) is 2. The van der Waals surface area contributed by atoms with Crippen LogP contribution < -0.4 is 14.8 Å². The van der Waals surface area contributed by atoms with Crippen molar-refractivity contribution in [2.45, 2.75) is 56.9 Å². The summed E-state index contributed by atoms with van der Waals surface area (Å²) in [6.07, 6.45) is 5.06. The largest absolute Gasteiger partial charge is 0.484 e. The second kappa shape index (κ2) is 9.41. The number of sulfonamides is 1. The molecule has 0 bridgehead atoms. The molecule has 0 radical (unpaired) electrons. The van der Waals surface area contributed by atoms with Crippen molar-refractivity contribution in [3.05, 3.63) is 53.6 Å². The van der Waals surface area contributed by atoms with Gasteiger partial charge in [-0.3, -0.25) is 4.79 Å². The van der Waals surface area contributed by atoms with Crippen molar-refractivity contribution in [1.82, 2.24) is 4.72 Å².